The Balaban J connectivity index is 1.75. The third kappa shape index (κ3) is 4.48. The van der Waals surface area contributed by atoms with Gasteiger partial charge in [-0.2, -0.15) is 8.42 Å². The molecule has 1 heterocycles. The number of nitrogens with one attached hydrogen (secondary N) is 1. The number of amides is 1. The predicted octanol–water partition coefficient (Wildman–Crippen LogP) is 3.34. The van der Waals surface area contributed by atoms with Gasteiger partial charge in [0.25, 0.3) is 10.0 Å². The number of hydrogen-bond acceptors (Lipinski definition) is 6. The van der Waals surface area contributed by atoms with Gasteiger partial charge in [-0.3, -0.25) is 4.79 Å². The van der Waals surface area contributed by atoms with Gasteiger partial charge in [-0.25, -0.2) is 0 Å². The van der Waals surface area contributed by atoms with Gasteiger partial charge < -0.3 is 15.0 Å². The van der Waals surface area contributed by atoms with Crippen molar-refractivity contribution in [1.82, 2.24) is 0 Å². The second-order valence-electron chi connectivity index (χ2n) is 6.04. The van der Waals surface area contributed by atoms with Crippen LogP contribution in [0.15, 0.2) is 57.8 Å². The molecule has 3 rings (SSSR count). The summed E-state index contributed by atoms with van der Waals surface area (Å²) in [6, 6.07) is 13.8. The molecular formula is C19H21N3O4S2. The lowest BCUT2D eigenvalue weighted by atomic mass is 10.3. The SMILES string of the molecule is CCCN1C(SCC(=O)Nc2cccc(OC)c2)=NS(=O)(=O)c2ccccc21. The average molecular weight is 420 g/mol. The van der Waals surface area contributed by atoms with Crippen molar-refractivity contribution in [2.75, 3.05) is 29.6 Å². The summed E-state index contributed by atoms with van der Waals surface area (Å²) in [6.07, 6.45) is 0.809. The van der Waals surface area contributed by atoms with Crippen LogP contribution < -0.4 is 15.0 Å². The van der Waals surface area contributed by atoms with E-state index in [1.165, 1.54) is 0 Å². The maximum absolute atomic E-state index is 12.5. The number of hydrogen-bond donors (Lipinski definition) is 1. The molecule has 1 aliphatic rings. The molecule has 148 valence electrons. The fraction of sp³-hybridized carbons (Fsp3) is 0.263. The normalized spacial score (nSPS) is 14.8. The van der Waals surface area contributed by atoms with E-state index in [9.17, 15) is 13.2 Å². The highest BCUT2D eigenvalue weighted by atomic mass is 32.2. The van der Waals surface area contributed by atoms with Gasteiger partial charge in [-0.05, 0) is 30.7 Å². The zero-order valence-corrected chi connectivity index (χ0v) is 17.2. The molecule has 9 heteroatoms. The average Bonchev–Trinajstić information content (AvgIpc) is 2.69. The van der Waals surface area contributed by atoms with Crippen molar-refractivity contribution < 1.29 is 17.9 Å². The van der Waals surface area contributed by atoms with E-state index >= 15 is 0 Å². The maximum atomic E-state index is 12.5. The number of sulfonamides is 1. The van der Waals surface area contributed by atoms with E-state index in [2.05, 4.69) is 9.71 Å². The van der Waals surface area contributed by atoms with Gasteiger partial charge in [0.15, 0.2) is 5.17 Å². The molecule has 0 unspecified atom stereocenters. The number of carbonyl (C=O) groups is 1. The van der Waals surface area contributed by atoms with Gasteiger partial charge in [0.05, 0.1) is 18.6 Å². The monoisotopic (exact) mass is 419 g/mol. The lowest BCUT2D eigenvalue weighted by Gasteiger charge is -2.29. The number of thioether (sulfide) groups is 1. The van der Waals surface area contributed by atoms with Crippen molar-refractivity contribution in [2.24, 2.45) is 4.40 Å². The van der Waals surface area contributed by atoms with Gasteiger partial charge in [0.2, 0.25) is 5.91 Å². The molecule has 0 aliphatic carbocycles. The van der Waals surface area contributed by atoms with E-state index in [1.54, 1.807) is 55.6 Å². The molecule has 0 bridgehead atoms. The minimum Gasteiger partial charge on any atom is -0.497 e. The quantitative estimate of drug-likeness (QED) is 0.773. The minimum absolute atomic E-state index is 0.0357. The van der Waals surface area contributed by atoms with E-state index < -0.39 is 10.0 Å². The summed E-state index contributed by atoms with van der Waals surface area (Å²) < 4.78 is 34.1. The van der Waals surface area contributed by atoms with Crippen LogP contribution in [-0.4, -0.2) is 38.9 Å². The number of nitrogens with zero attached hydrogens (tertiary/aromatic N) is 2. The van der Waals surface area contributed by atoms with E-state index in [0.29, 0.717) is 28.8 Å². The van der Waals surface area contributed by atoms with Crippen LogP contribution in [0.5, 0.6) is 5.75 Å². The summed E-state index contributed by atoms with van der Waals surface area (Å²) in [6.45, 7) is 2.61. The summed E-state index contributed by atoms with van der Waals surface area (Å²) in [5.41, 5.74) is 1.20. The van der Waals surface area contributed by atoms with E-state index in [0.717, 1.165) is 18.2 Å². The Morgan fingerprint density at radius 2 is 2.00 bits per heavy atom. The van der Waals surface area contributed by atoms with Crippen LogP contribution in [0.3, 0.4) is 0 Å². The summed E-state index contributed by atoms with van der Waals surface area (Å²) in [4.78, 5) is 14.4. The summed E-state index contributed by atoms with van der Waals surface area (Å²) >= 11 is 1.10. The highest BCUT2D eigenvalue weighted by Crippen LogP contribution is 2.34. The van der Waals surface area contributed by atoms with Crippen LogP contribution in [0.2, 0.25) is 0 Å². The molecule has 2 aromatic carbocycles. The first-order valence-corrected chi connectivity index (χ1v) is 11.2. The molecule has 1 N–H and O–H groups in total. The first-order valence-electron chi connectivity index (χ1n) is 8.73. The number of rotatable bonds is 6. The summed E-state index contributed by atoms with van der Waals surface area (Å²) in [7, 11) is -2.23. The number of carbonyl (C=O) groups excluding carboxylic acids is 1. The molecule has 0 spiro atoms. The van der Waals surface area contributed by atoms with Crippen LogP contribution in [0.1, 0.15) is 13.3 Å². The predicted molar refractivity (Wildman–Crippen MR) is 113 cm³/mol. The third-order valence-corrected chi connectivity index (χ3v) is 6.40. The maximum Gasteiger partial charge on any atom is 0.286 e. The number of anilines is 2. The number of benzene rings is 2. The number of para-hydroxylation sites is 1. The van der Waals surface area contributed by atoms with Crippen LogP contribution in [-0.2, 0) is 14.8 Å². The minimum atomic E-state index is -3.78. The molecule has 0 saturated heterocycles. The largest absolute Gasteiger partial charge is 0.497 e. The first-order chi connectivity index (χ1) is 13.4. The van der Waals surface area contributed by atoms with Gasteiger partial charge in [0, 0.05) is 18.3 Å². The van der Waals surface area contributed by atoms with Crippen molar-refractivity contribution >= 4 is 44.2 Å². The molecule has 0 radical (unpaired) electrons. The van der Waals surface area contributed by atoms with Crippen molar-refractivity contribution in [1.29, 1.82) is 0 Å². The van der Waals surface area contributed by atoms with Crippen molar-refractivity contribution in [3.8, 4) is 5.75 Å². The van der Waals surface area contributed by atoms with E-state index in [4.69, 9.17) is 4.74 Å². The van der Waals surface area contributed by atoms with Crippen LogP contribution in [0.25, 0.3) is 0 Å². The molecule has 0 saturated carbocycles. The Bertz CT molecular complexity index is 1010. The Morgan fingerprint density at radius 3 is 2.75 bits per heavy atom. The number of fused-ring (bicyclic) bond motifs is 1. The number of ether oxygens (including phenoxy) is 1. The molecule has 1 amide bonds. The highest BCUT2D eigenvalue weighted by molar-refractivity contribution is 8.15. The fourth-order valence-electron chi connectivity index (χ4n) is 2.77. The summed E-state index contributed by atoms with van der Waals surface area (Å²) in [5.74, 6) is 0.418. The lowest BCUT2D eigenvalue weighted by Crippen LogP contribution is -2.35. The number of methoxy groups -OCH3 is 1. The second kappa shape index (κ2) is 8.66. The second-order valence-corrected chi connectivity index (χ2v) is 8.55. The van der Waals surface area contributed by atoms with Crippen LogP contribution in [0, 0.1) is 0 Å². The fourth-order valence-corrected chi connectivity index (χ4v) is 5.05. The number of amidine groups is 1. The van der Waals surface area contributed by atoms with Crippen LogP contribution in [0.4, 0.5) is 11.4 Å². The van der Waals surface area contributed by atoms with Gasteiger partial charge in [0.1, 0.15) is 10.6 Å². The Hall–Kier alpha value is -2.52. The Kier molecular flexibility index (Phi) is 6.25. The van der Waals surface area contributed by atoms with Crippen LogP contribution >= 0.6 is 11.8 Å². The Morgan fingerprint density at radius 1 is 1.21 bits per heavy atom. The molecule has 0 atom stereocenters. The molecule has 7 nitrogen and oxygen atoms in total. The van der Waals surface area contributed by atoms with Crippen molar-refractivity contribution in [3.05, 3.63) is 48.5 Å². The van der Waals surface area contributed by atoms with E-state index in [1.807, 2.05) is 11.8 Å². The molecule has 0 fully saturated rings. The zero-order valence-electron chi connectivity index (χ0n) is 15.6. The third-order valence-electron chi connectivity index (χ3n) is 4.00. The topological polar surface area (TPSA) is 88.1 Å². The van der Waals surface area contributed by atoms with Gasteiger partial charge in [-0.15, -0.1) is 4.40 Å². The first kappa shape index (κ1) is 20.2. The zero-order chi connectivity index (χ0) is 20.1. The van der Waals surface area contributed by atoms with Gasteiger partial charge in [-0.1, -0.05) is 36.9 Å². The van der Waals surface area contributed by atoms with Crippen molar-refractivity contribution in [3.63, 3.8) is 0 Å². The lowest BCUT2D eigenvalue weighted by molar-refractivity contribution is -0.113. The summed E-state index contributed by atoms with van der Waals surface area (Å²) in [5, 5.41) is 3.09. The molecule has 28 heavy (non-hydrogen) atoms. The smallest absolute Gasteiger partial charge is 0.286 e. The molecular weight excluding hydrogens is 398 g/mol. The highest BCUT2D eigenvalue weighted by Gasteiger charge is 2.30. The Labute approximate surface area is 168 Å². The standard InChI is InChI=1S/C19H21N3O4S2/c1-3-11-22-16-9-4-5-10-17(16)28(24,25)21-19(22)27-13-18(23)20-14-7-6-8-15(12-14)26-2/h4-10,12H,3,11,13H2,1-2H3,(H,20,23). The molecule has 1 aliphatic heterocycles. The van der Waals surface area contributed by atoms with Crippen molar-refractivity contribution in [2.45, 2.75) is 18.2 Å². The van der Waals surface area contributed by atoms with Gasteiger partial charge >= 0.3 is 0 Å². The molecule has 2 aromatic rings. The van der Waals surface area contributed by atoms with E-state index in [-0.39, 0.29) is 16.6 Å². The molecule has 0 aromatic heterocycles.